The minimum absolute atomic E-state index is 0.804. The zero-order chi connectivity index (χ0) is 9.94. The summed E-state index contributed by atoms with van der Waals surface area (Å²) < 4.78 is 1.07. The predicted molar refractivity (Wildman–Crippen MR) is 53.0 cm³/mol. The van der Waals surface area contributed by atoms with Gasteiger partial charge in [0.15, 0.2) is 3.74 Å². The summed E-state index contributed by atoms with van der Waals surface area (Å²) in [5.41, 5.74) is 0. The zero-order valence-corrected chi connectivity index (χ0v) is 10.6. The van der Waals surface area contributed by atoms with Gasteiger partial charge in [0, 0.05) is 0 Å². The van der Waals surface area contributed by atoms with Gasteiger partial charge >= 0.3 is 11.9 Å². The number of carbonyl (C=O) groups excluding carboxylic acids is 2. The van der Waals surface area contributed by atoms with Crippen molar-refractivity contribution >= 4 is 78.6 Å². The molecule has 0 amide bonds. The maximum Gasteiger partial charge on any atom is 0.366 e. The van der Waals surface area contributed by atoms with Crippen LogP contribution in [-0.2, 0) is 14.3 Å². The van der Waals surface area contributed by atoms with Gasteiger partial charge in [0.1, 0.15) is 0 Å². The molecular formula is C4HBr2Cl3O3. The lowest BCUT2D eigenvalue weighted by atomic mass is 10.7. The van der Waals surface area contributed by atoms with E-state index >= 15 is 0 Å². The fraction of sp³-hybridized carbons (Fsp3) is 0.500. The molecule has 0 aromatic heterocycles. The minimum Gasteiger partial charge on any atom is -0.388 e. The molecule has 0 aromatic rings. The van der Waals surface area contributed by atoms with Crippen molar-refractivity contribution in [3.05, 3.63) is 0 Å². The van der Waals surface area contributed by atoms with Gasteiger partial charge in [-0.1, -0.05) is 66.7 Å². The van der Waals surface area contributed by atoms with E-state index in [1.165, 1.54) is 0 Å². The smallest absolute Gasteiger partial charge is 0.366 e. The first kappa shape index (κ1) is 13.0. The maximum atomic E-state index is 10.7. The van der Waals surface area contributed by atoms with Crippen LogP contribution >= 0.6 is 66.7 Å². The van der Waals surface area contributed by atoms with Crippen molar-refractivity contribution in [2.75, 3.05) is 0 Å². The normalized spacial score (nSPS) is 11.5. The van der Waals surface area contributed by atoms with Gasteiger partial charge in [0.25, 0.3) is 3.79 Å². The summed E-state index contributed by atoms with van der Waals surface area (Å²) in [6, 6.07) is 0. The molecule has 0 atom stereocenters. The van der Waals surface area contributed by atoms with Gasteiger partial charge in [0.2, 0.25) is 0 Å². The second kappa shape index (κ2) is 5.00. The SMILES string of the molecule is O=C(OC(=O)C(Cl)(Cl)Cl)C(Br)Br. The van der Waals surface area contributed by atoms with Crippen molar-refractivity contribution < 1.29 is 14.3 Å². The molecule has 0 aliphatic rings. The summed E-state index contributed by atoms with van der Waals surface area (Å²) in [5.74, 6) is -2.12. The van der Waals surface area contributed by atoms with Crippen LogP contribution in [0.2, 0.25) is 0 Å². The summed E-state index contributed by atoms with van der Waals surface area (Å²) in [4.78, 5) is 21.4. The third-order valence-corrected chi connectivity index (χ3v) is 1.81. The number of esters is 2. The van der Waals surface area contributed by atoms with Crippen molar-refractivity contribution in [1.82, 2.24) is 0 Å². The first-order valence-electron chi connectivity index (χ1n) is 2.36. The largest absolute Gasteiger partial charge is 0.388 e. The van der Waals surface area contributed by atoms with E-state index in [9.17, 15) is 9.59 Å². The molecule has 0 unspecified atom stereocenters. The van der Waals surface area contributed by atoms with Gasteiger partial charge in [-0.25, -0.2) is 9.59 Å². The van der Waals surface area contributed by atoms with E-state index in [0.717, 1.165) is 0 Å². The quantitative estimate of drug-likeness (QED) is 0.409. The Kier molecular flexibility index (Phi) is 5.41. The van der Waals surface area contributed by atoms with Gasteiger partial charge in [-0.2, -0.15) is 0 Å². The molecule has 8 heteroatoms. The second-order valence-corrected chi connectivity index (χ2v) is 6.85. The van der Waals surface area contributed by atoms with Crippen LogP contribution in [0.4, 0.5) is 0 Å². The van der Waals surface area contributed by atoms with Crippen molar-refractivity contribution in [2.45, 2.75) is 7.53 Å². The minimum atomic E-state index is -2.23. The van der Waals surface area contributed by atoms with Crippen molar-refractivity contribution in [3.63, 3.8) is 0 Å². The van der Waals surface area contributed by atoms with Crippen molar-refractivity contribution in [1.29, 1.82) is 0 Å². The lowest BCUT2D eigenvalue weighted by Gasteiger charge is -2.08. The Morgan fingerprint density at radius 2 is 1.67 bits per heavy atom. The van der Waals surface area contributed by atoms with Crippen molar-refractivity contribution in [2.24, 2.45) is 0 Å². The number of ether oxygens (including phenoxy) is 1. The second-order valence-electron chi connectivity index (χ2n) is 1.51. The van der Waals surface area contributed by atoms with Crippen LogP contribution in [0.5, 0.6) is 0 Å². The monoisotopic (exact) mass is 360 g/mol. The van der Waals surface area contributed by atoms with E-state index in [1.54, 1.807) is 0 Å². The van der Waals surface area contributed by atoms with Crippen LogP contribution in [0.3, 0.4) is 0 Å². The van der Waals surface area contributed by atoms with E-state index in [1.807, 2.05) is 0 Å². The van der Waals surface area contributed by atoms with E-state index in [4.69, 9.17) is 34.8 Å². The average molecular weight is 363 g/mol. The molecule has 0 rings (SSSR count). The number of hydrogen-bond donors (Lipinski definition) is 0. The summed E-state index contributed by atoms with van der Waals surface area (Å²) in [5, 5.41) is 0. The number of halogens is 5. The van der Waals surface area contributed by atoms with Crippen LogP contribution < -0.4 is 0 Å². The lowest BCUT2D eigenvalue weighted by molar-refractivity contribution is -0.157. The van der Waals surface area contributed by atoms with Crippen LogP contribution in [0.25, 0.3) is 0 Å². The molecule has 0 saturated carbocycles. The number of carbonyl (C=O) groups is 2. The van der Waals surface area contributed by atoms with Crippen LogP contribution in [-0.4, -0.2) is 19.5 Å². The molecule has 0 N–H and O–H groups in total. The maximum absolute atomic E-state index is 10.7. The molecular weight excluding hydrogens is 362 g/mol. The number of alkyl halides is 5. The molecule has 0 aromatic carbocycles. The lowest BCUT2D eigenvalue weighted by Crippen LogP contribution is -2.27. The van der Waals surface area contributed by atoms with E-state index in [2.05, 4.69) is 36.6 Å². The molecule has 3 nitrogen and oxygen atoms in total. The number of rotatable bonds is 1. The summed E-state index contributed by atoms with van der Waals surface area (Å²) in [6.07, 6.45) is 0. The molecule has 70 valence electrons. The Labute approximate surface area is 99.9 Å². The number of hydrogen-bond acceptors (Lipinski definition) is 3. The Morgan fingerprint density at radius 1 is 1.25 bits per heavy atom. The van der Waals surface area contributed by atoms with Gasteiger partial charge in [-0.15, -0.1) is 0 Å². The fourth-order valence-electron chi connectivity index (χ4n) is 0.194. The van der Waals surface area contributed by atoms with Crippen molar-refractivity contribution in [3.8, 4) is 0 Å². The Morgan fingerprint density at radius 3 is 1.92 bits per heavy atom. The summed E-state index contributed by atoms with van der Waals surface area (Å²) in [6.45, 7) is 0. The van der Waals surface area contributed by atoms with E-state index < -0.39 is 19.5 Å². The highest BCUT2D eigenvalue weighted by Crippen LogP contribution is 2.28. The van der Waals surface area contributed by atoms with Gasteiger partial charge in [-0.3, -0.25) is 0 Å². The Bertz CT molecular complexity index is 200. The first-order chi connectivity index (χ1) is 5.25. The van der Waals surface area contributed by atoms with Gasteiger partial charge in [-0.05, 0) is 0 Å². The van der Waals surface area contributed by atoms with E-state index in [0.29, 0.717) is 0 Å². The molecule has 0 bridgehead atoms. The summed E-state index contributed by atoms with van der Waals surface area (Å²) in [7, 11) is 0. The van der Waals surface area contributed by atoms with Gasteiger partial charge in [0.05, 0.1) is 0 Å². The molecule has 0 fully saturated rings. The fourth-order valence-corrected chi connectivity index (χ4v) is 0.496. The third kappa shape index (κ3) is 4.87. The third-order valence-electron chi connectivity index (χ3n) is 0.603. The highest BCUT2D eigenvalue weighted by molar-refractivity contribution is 9.25. The molecule has 0 aliphatic heterocycles. The molecule has 0 spiro atoms. The highest BCUT2D eigenvalue weighted by atomic mass is 79.9. The Balaban J connectivity index is 4.12. The standard InChI is InChI=1S/C4HBr2Cl3O3/c5-1(6)2(10)12-3(11)4(7,8)9/h1H. The average Bonchev–Trinajstić information content (AvgIpc) is 1.85. The molecule has 0 heterocycles. The molecule has 0 radical (unpaired) electrons. The zero-order valence-electron chi connectivity index (χ0n) is 5.19. The predicted octanol–water partition coefficient (Wildman–Crippen LogP) is 2.54. The van der Waals surface area contributed by atoms with E-state index in [-0.39, 0.29) is 0 Å². The molecule has 12 heavy (non-hydrogen) atoms. The summed E-state index contributed by atoms with van der Waals surface area (Å²) >= 11 is 20.9. The van der Waals surface area contributed by atoms with Crippen LogP contribution in [0.15, 0.2) is 0 Å². The Hall–Kier alpha value is 0.970. The van der Waals surface area contributed by atoms with Crippen LogP contribution in [0, 0.1) is 0 Å². The topological polar surface area (TPSA) is 43.4 Å². The molecule has 0 saturated heterocycles. The first-order valence-corrected chi connectivity index (χ1v) is 5.32. The van der Waals surface area contributed by atoms with Crippen LogP contribution in [0.1, 0.15) is 0 Å². The highest BCUT2D eigenvalue weighted by Gasteiger charge is 2.35. The molecule has 0 aliphatic carbocycles. The van der Waals surface area contributed by atoms with Gasteiger partial charge < -0.3 is 4.74 Å².